The Morgan fingerprint density at radius 1 is 0.867 bits per heavy atom. The maximum absolute atomic E-state index is 6.01. The molecule has 30 heavy (non-hydrogen) atoms. The highest BCUT2D eigenvalue weighted by Crippen LogP contribution is 2.24. The van der Waals surface area contributed by atoms with E-state index >= 15 is 0 Å². The van der Waals surface area contributed by atoms with Gasteiger partial charge in [0.15, 0.2) is 0 Å². The molecule has 148 valence electrons. The summed E-state index contributed by atoms with van der Waals surface area (Å²) in [6.07, 6.45) is 0. The minimum atomic E-state index is 0.426. The topological polar surface area (TPSA) is 39.9 Å². The first-order valence-corrected chi connectivity index (χ1v) is 10.6. The molecule has 0 bridgehead atoms. The highest BCUT2D eigenvalue weighted by molar-refractivity contribution is 9.10. The van der Waals surface area contributed by atoms with Crippen LogP contribution in [0.25, 0.3) is 21.9 Å². The average molecular weight is 458 g/mol. The van der Waals surface area contributed by atoms with Gasteiger partial charge in [0.05, 0.1) is 22.2 Å². The summed E-state index contributed by atoms with van der Waals surface area (Å²) in [5.41, 5.74) is 5.17. The van der Waals surface area contributed by atoms with Gasteiger partial charge in [0, 0.05) is 22.5 Å². The van der Waals surface area contributed by atoms with Gasteiger partial charge in [-0.1, -0.05) is 52.3 Å². The van der Waals surface area contributed by atoms with E-state index in [1.807, 2.05) is 43.3 Å². The van der Waals surface area contributed by atoms with E-state index in [4.69, 9.17) is 9.72 Å². The summed E-state index contributed by atoms with van der Waals surface area (Å²) in [5.74, 6) is 1.78. The van der Waals surface area contributed by atoms with Gasteiger partial charge in [-0.25, -0.2) is 9.97 Å². The van der Waals surface area contributed by atoms with Crippen molar-refractivity contribution in [3.8, 4) is 5.75 Å². The van der Waals surface area contributed by atoms with E-state index < -0.39 is 0 Å². The highest BCUT2D eigenvalue weighted by atomic mass is 79.9. The first-order chi connectivity index (χ1) is 14.7. The van der Waals surface area contributed by atoms with E-state index in [0.717, 1.165) is 50.2 Å². The molecule has 0 N–H and O–H groups in total. The van der Waals surface area contributed by atoms with Crippen molar-refractivity contribution in [2.75, 3.05) is 0 Å². The van der Waals surface area contributed by atoms with Gasteiger partial charge in [0.2, 0.25) is 0 Å². The molecule has 0 saturated carbocycles. The lowest BCUT2D eigenvalue weighted by Gasteiger charge is -2.09. The lowest BCUT2D eigenvalue weighted by Crippen LogP contribution is -2.02. The van der Waals surface area contributed by atoms with Crippen LogP contribution >= 0.6 is 15.9 Å². The molecule has 5 heteroatoms. The fourth-order valence-electron chi connectivity index (χ4n) is 3.64. The molecule has 0 aliphatic rings. The fourth-order valence-corrected chi connectivity index (χ4v) is 3.90. The largest absolute Gasteiger partial charge is 0.487 e. The maximum Gasteiger partial charge on any atom is 0.130 e. The predicted molar refractivity (Wildman–Crippen MR) is 124 cm³/mol. The smallest absolute Gasteiger partial charge is 0.130 e. The summed E-state index contributed by atoms with van der Waals surface area (Å²) in [7, 11) is 0. The molecule has 0 saturated heterocycles. The SMILES string of the molecule is Cc1nc2cc(OCc3ccc4ccccc4n3)ccc2n1Cc1ccc(Br)cc1. The van der Waals surface area contributed by atoms with E-state index in [9.17, 15) is 0 Å². The molecule has 3 aromatic carbocycles. The molecule has 0 aliphatic heterocycles. The Kier molecular flexibility index (Phi) is 4.97. The number of nitrogens with zero attached hydrogens (tertiary/aromatic N) is 3. The normalized spacial score (nSPS) is 11.3. The van der Waals surface area contributed by atoms with Crippen LogP contribution in [0.15, 0.2) is 83.3 Å². The Hall–Kier alpha value is -3.18. The maximum atomic E-state index is 6.01. The van der Waals surface area contributed by atoms with Gasteiger partial charge >= 0.3 is 0 Å². The summed E-state index contributed by atoms with van der Waals surface area (Å²) in [6.45, 7) is 3.25. The number of aromatic nitrogens is 3. The molecule has 0 fully saturated rings. The molecule has 0 amide bonds. The third-order valence-corrected chi connectivity index (χ3v) is 5.74. The number of halogens is 1. The van der Waals surface area contributed by atoms with E-state index in [1.165, 1.54) is 5.56 Å². The molecular formula is C25H20BrN3O. The molecular weight excluding hydrogens is 438 g/mol. The second-order valence-electron chi connectivity index (χ2n) is 7.31. The van der Waals surface area contributed by atoms with Crippen LogP contribution in [0.2, 0.25) is 0 Å². The van der Waals surface area contributed by atoms with Crippen LogP contribution in [0.3, 0.4) is 0 Å². The Bertz CT molecular complexity index is 1340. The third-order valence-electron chi connectivity index (χ3n) is 5.21. The highest BCUT2D eigenvalue weighted by Gasteiger charge is 2.10. The zero-order chi connectivity index (χ0) is 20.5. The molecule has 0 spiro atoms. The Morgan fingerprint density at radius 3 is 2.57 bits per heavy atom. The second-order valence-corrected chi connectivity index (χ2v) is 8.22. The monoisotopic (exact) mass is 457 g/mol. The summed E-state index contributed by atoms with van der Waals surface area (Å²) in [5, 5.41) is 1.13. The summed E-state index contributed by atoms with van der Waals surface area (Å²) in [4.78, 5) is 9.42. The van der Waals surface area contributed by atoms with Crippen LogP contribution in [-0.2, 0) is 13.2 Å². The number of fused-ring (bicyclic) bond motifs is 2. The Balaban J connectivity index is 1.36. The number of benzene rings is 3. The van der Waals surface area contributed by atoms with Crippen LogP contribution in [0.5, 0.6) is 5.75 Å². The molecule has 2 aromatic heterocycles. The second kappa shape index (κ2) is 7.92. The zero-order valence-corrected chi connectivity index (χ0v) is 18.1. The minimum absolute atomic E-state index is 0.426. The number of imidazole rings is 1. The summed E-state index contributed by atoms with van der Waals surface area (Å²) < 4.78 is 9.33. The standard InChI is InChI=1S/C25H20BrN3O/c1-17-27-24-14-22(30-16-21-11-8-19-4-2-3-5-23(19)28-21)12-13-25(24)29(17)15-18-6-9-20(26)10-7-18/h2-14H,15-16H2,1H3. The molecule has 0 radical (unpaired) electrons. The van der Waals surface area contributed by atoms with Gasteiger partial charge in [-0.05, 0) is 48.9 Å². The average Bonchev–Trinajstić information content (AvgIpc) is 3.08. The number of aryl methyl sites for hydroxylation is 1. The Labute approximate surface area is 183 Å². The number of hydrogen-bond donors (Lipinski definition) is 0. The molecule has 4 nitrogen and oxygen atoms in total. The van der Waals surface area contributed by atoms with Crippen molar-refractivity contribution in [2.24, 2.45) is 0 Å². The van der Waals surface area contributed by atoms with Crippen molar-refractivity contribution < 1.29 is 4.74 Å². The predicted octanol–water partition coefficient (Wildman–Crippen LogP) is 6.28. The number of rotatable bonds is 5. The number of hydrogen-bond acceptors (Lipinski definition) is 3. The van der Waals surface area contributed by atoms with Crippen LogP contribution < -0.4 is 4.74 Å². The van der Waals surface area contributed by atoms with Gasteiger partial charge in [-0.3, -0.25) is 0 Å². The van der Waals surface area contributed by atoms with E-state index in [2.05, 4.69) is 67.9 Å². The Morgan fingerprint density at radius 2 is 1.70 bits per heavy atom. The van der Waals surface area contributed by atoms with Crippen molar-refractivity contribution in [3.05, 3.63) is 100 Å². The van der Waals surface area contributed by atoms with Crippen LogP contribution in [0.4, 0.5) is 0 Å². The van der Waals surface area contributed by atoms with Gasteiger partial charge in [0.25, 0.3) is 0 Å². The van der Waals surface area contributed by atoms with Crippen LogP contribution in [0, 0.1) is 6.92 Å². The minimum Gasteiger partial charge on any atom is -0.487 e. The van der Waals surface area contributed by atoms with Gasteiger partial charge in [0.1, 0.15) is 18.2 Å². The molecule has 0 atom stereocenters. The number of pyridine rings is 1. The quantitative estimate of drug-likeness (QED) is 0.311. The fraction of sp³-hybridized carbons (Fsp3) is 0.120. The van der Waals surface area contributed by atoms with Crippen LogP contribution in [-0.4, -0.2) is 14.5 Å². The summed E-state index contributed by atoms with van der Waals surface area (Å²) >= 11 is 3.49. The molecule has 5 aromatic rings. The van der Waals surface area contributed by atoms with Crippen molar-refractivity contribution in [3.63, 3.8) is 0 Å². The first-order valence-electron chi connectivity index (χ1n) is 9.84. The van der Waals surface area contributed by atoms with E-state index in [-0.39, 0.29) is 0 Å². The van der Waals surface area contributed by atoms with Gasteiger partial charge in [-0.15, -0.1) is 0 Å². The molecule has 0 aliphatic carbocycles. The van der Waals surface area contributed by atoms with E-state index in [1.54, 1.807) is 0 Å². The van der Waals surface area contributed by atoms with Crippen molar-refractivity contribution in [1.29, 1.82) is 0 Å². The molecule has 0 unspecified atom stereocenters. The molecule has 5 rings (SSSR count). The number of ether oxygens (including phenoxy) is 1. The van der Waals surface area contributed by atoms with Crippen molar-refractivity contribution >= 4 is 37.9 Å². The zero-order valence-electron chi connectivity index (χ0n) is 16.5. The lowest BCUT2D eigenvalue weighted by molar-refractivity contribution is 0.302. The van der Waals surface area contributed by atoms with Gasteiger partial charge in [-0.2, -0.15) is 0 Å². The molecule has 2 heterocycles. The third kappa shape index (κ3) is 3.81. The van der Waals surface area contributed by atoms with Gasteiger partial charge < -0.3 is 9.30 Å². The first kappa shape index (κ1) is 18.8. The summed E-state index contributed by atoms with van der Waals surface area (Å²) in [6, 6.07) is 26.7. The number of para-hydroxylation sites is 1. The lowest BCUT2D eigenvalue weighted by atomic mass is 10.2. The van der Waals surface area contributed by atoms with Crippen LogP contribution in [0.1, 0.15) is 17.1 Å². The van der Waals surface area contributed by atoms with Crippen molar-refractivity contribution in [2.45, 2.75) is 20.1 Å². The van der Waals surface area contributed by atoms with Crippen molar-refractivity contribution in [1.82, 2.24) is 14.5 Å². The van der Waals surface area contributed by atoms with E-state index in [0.29, 0.717) is 6.61 Å².